The van der Waals surface area contributed by atoms with E-state index in [-0.39, 0.29) is 17.9 Å². The molecular formula is C21H25N5O2. The molecule has 2 heterocycles. The lowest BCUT2D eigenvalue weighted by atomic mass is 9.86. The number of nitrogens with zero attached hydrogens (tertiary/aromatic N) is 4. The van der Waals surface area contributed by atoms with E-state index in [1.807, 2.05) is 44.3 Å². The Hall–Kier alpha value is -2.80. The van der Waals surface area contributed by atoms with Crippen molar-refractivity contribution in [3.05, 3.63) is 41.9 Å². The van der Waals surface area contributed by atoms with Crippen LogP contribution in [0.25, 0.3) is 17.0 Å². The second kappa shape index (κ2) is 7.67. The number of fused-ring (bicyclic) bond motifs is 1. The van der Waals surface area contributed by atoms with Gasteiger partial charge in [-0.15, -0.1) is 0 Å². The van der Waals surface area contributed by atoms with Crippen molar-refractivity contribution in [3.63, 3.8) is 0 Å². The molecule has 7 nitrogen and oxygen atoms in total. The molecule has 2 aromatic heterocycles. The molecule has 7 heteroatoms. The zero-order valence-corrected chi connectivity index (χ0v) is 16.5. The Balaban J connectivity index is 1.47. The lowest BCUT2D eigenvalue weighted by Crippen LogP contribution is -2.30. The fourth-order valence-electron chi connectivity index (χ4n) is 3.68. The second-order valence-corrected chi connectivity index (χ2v) is 7.44. The monoisotopic (exact) mass is 379 g/mol. The Kier molecular flexibility index (Phi) is 5.09. The van der Waals surface area contributed by atoms with E-state index in [4.69, 9.17) is 4.74 Å². The number of hydrogen-bond acceptors (Lipinski definition) is 5. The van der Waals surface area contributed by atoms with Crippen LogP contribution in [0.15, 0.2) is 30.5 Å². The van der Waals surface area contributed by atoms with Gasteiger partial charge in [0, 0.05) is 24.3 Å². The van der Waals surface area contributed by atoms with Crippen molar-refractivity contribution in [1.82, 2.24) is 19.6 Å². The number of hydrogen-bond donors (Lipinski definition) is 1. The number of carbonyl (C=O) groups is 1. The van der Waals surface area contributed by atoms with Gasteiger partial charge in [-0.25, -0.2) is 14.5 Å². The number of nitrogens with one attached hydrogen (secondary N) is 1. The summed E-state index contributed by atoms with van der Waals surface area (Å²) in [5.41, 5.74) is 4.31. The normalized spacial score (nSPS) is 19.7. The van der Waals surface area contributed by atoms with E-state index in [0.717, 1.165) is 54.0 Å². The molecule has 3 aromatic rings. The summed E-state index contributed by atoms with van der Waals surface area (Å²) in [5, 5.41) is 7.50. The largest absolute Gasteiger partial charge is 0.381 e. The van der Waals surface area contributed by atoms with Gasteiger partial charge in [-0.1, -0.05) is 18.6 Å². The van der Waals surface area contributed by atoms with E-state index in [0.29, 0.717) is 5.78 Å². The highest BCUT2D eigenvalue weighted by Crippen LogP contribution is 2.27. The first-order chi connectivity index (χ1) is 13.5. The maximum absolute atomic E-state index is 12.6. The Morgan fingerprint density at radius 2 is 1.93 bits per heavy atom. The van der Waals surface area contributed by atoms with Crippen LogP contribution in [0.5, 0.6) is 0 Å². The minimum atomic E-state index is 0.0143. The molecule has 2 atom stereocenters. The predicted molar refractivity (Wildman–Crippen MR) is 107 cm³/mol. The van der Waals surface area contributed by atoms with Gasteiger partial charge in [-0.2, -0.15) is 5.10 Å². The van der Waals surface area contributed by atoms with Crippen LogP contribution in [-0.4, -0.2) is 38.7 Å². The van der Waals surface area contributed by atoms with Gasteiger partial charge in [-0.3, -0.25) is 4.79 Å². The smallest absolute Gasteiger partial charge is 0.251 e. The van der Waals surface area contributed by atoms with Crippen LogP contribution in [0.3, 0.4) is 0 Å². The number of benzene rings is 1. The van der Waals surface area contributed by atoms with Crippen molar-refractivity contribution < 1.29 is 9.53 Å². The number of aryl methyl sites for hydroxylation is 2. The first-order valence-electron chi connectivity index (χ1n) is 9.68. The summed E-state index contributed by atoms with van der Waals surface area (Å²) in [4.78, 5) is 21.6. The first-order valence-corrected chi connectivity index (χ1v) is 9.68. The summed E-state index contributed by atoms with van der Waals surface area (Å²) in [5.74, 6) is 0.669. The molecule has 1 N–H and O–H groups in total. The van der Waals surface area contributed by atoms with Gasteiger partial charge in [-0.05, 0) is 45.2 Å². The average Bonchev–Trinajstić information content (AvgIpc) is 3.11. The molecule has 0 bridgehead atoms. The van der Waals surface area contributed by atoms with E-state index in [1.165, 1.54) is 0 Å². The standard InChI is InChI=1S/C21H25N5O2/c1-13-14(2)25-26-12-19(24-21(26)22-13)15-7-9-17(10-8-15)23-20(27)16-5-4-6-18(11-16)28-3/h7-10,12,16,18H,4-6,11H2,1-3H3,(H,23,27)/t16-,18-/m0/s1. The maximum atomic E-state index is 12.6. The molecule has 1 saturated carbocycles. The third kappa shape index (κ3) is 3.75. The molecular weight excluding hydrogens is 354 g/mol. The maximum Gasteiger partial charge on any atom is 0.251 e. The van der Waals surface area contributed by atoms with Gasteiger partial charge in [0.25, 0.3) is 5.78 Å². The lowest BCUT2D eigenvalue weighted by molar-refractivity contribution is -0.122. The molecule has 0 spiro atoms. The summed E-state index contributed by atoms with van der Waals surface area (Å²) in [6, 6.07) is 7.72. The molecule has 28 heavy (non-hydrogen) atoms. The Bertz CT molecular complexity index is 957. The molecule has 1 aromatic carbocycles. The van der Waals surface area contributed by atoms with Crippen LogP contribution >= 0.6 is 0 Å². The molecule has 4 rings (SSSR count). The zero-order chi connectivity index (χ0) is 19.7. The van der Waals surface area contributed by atoms with Gasteiger partial charge >= 0.3 is 0 Å². The van der Waals surface area contributed by atoms with Crippen molar-refractivity contribution in [1.29, 1.82) is 0 Å². The van der Waals surface area contributed by atoms with E-state index < -0.39 is 0 Å². The second-order valence-electron chi connectivity index (χ2n) is 7.44. The Labute approximate surface area is 164 Å². The van der Waals surface area contributed by atoms with Crippen LogP contribution in [0.2, 0.25) is 0 Å². The van der Waals surface area contributed by atoms with Gasteiger partial charge in [0.15, 0.2) is 0 Å². The van der Waals surface area contributed by atoms with E-state index in [1.54, 1.807) is 11.6 Å². The first kappa shape index (κ1) is 18.6. The molecule has 0 saturated heterocycles. The summed E-state index contributed by atoms with van der Waals surface area (Å²) in [7, 11) is 1.72. The van der Waals surface area contributed by atoms with Crippen molar-refractivity contribution in [3.8, 4) is 11.3 Å². The third-order valence-electron chi connectivity index (χ3n) is 5.50. The number of aromatic nitrogens is 4. The van der Waals surface area contributed by atoms with Crippen molar-refractivity contribution in [2.45, 2.75) is 45.6 Å². The lowest BCUT2D eigenvalue weighted by Gasteiger charge is -2.27. The Morgan fingerprint density at radius 3 is 2.68 bits per heavy atom. The molecule has 1 fully saturated rings. The number of imidazole rings is 1. The zero-order valence-electron chi connectivity index (χ0n) is 16.5. The average molecular weight is 379 g/mol. The minimum Gasteiger partial charge on any atom is -0.381 e. The van der Waals surface area contributed by atoms with Crippen molar-refractivity contribution >= 4 is 17.4 Å². The molecule has 0 aliphatic heterocycles. The van der Waals surface area contributed by atoms with E-state index in [2.05, 4.69) is 20.4 Å². The third-order valence-corrected chi connectivity index (χ3v) is 5.50. The number of ether oxygens (including phenoxy) is 1. The van der Waals surface area contributed by atoms with E-state index in [9.17, 15) is 4.79 Å². The molecule has 1 aliphatic rings. The van der Waals surface area contributed by atoms with Crippen molar-refractivity contribution in [2.75, 3.05) is 12.4 Å². The van der Waals surface area contributed by atoms with E-state index >= 15 is 0 Å². The molecule has 1 aliphatic carbocycles. The van der Waals surface area contributed by atoms with Gasteiger partial charge in [0.05, 0.1) is 29.4 Å². The molecule has 0 radical (unpaired) electrons. The molecule has 0 unspecified atom stereocenters. The summed E-state index contributed by atoms with van der Waals surface area (Å²) in [6.07, 6.45) is 5.84. The van der Waals surface area contributed by atoms with Crippen LogP contribution in [0, 0.1) is 19.8 Å². The quantitative estimate of drug-likeness (QED) is 0.750. The SMILES string of the molecule is CO[C@H]1CCC[C@H](C(=O)Nc2ccc(-c3cn4nc(C)c(C)nc4n3)cc2)C1. The van der Waals surface area contributed by atoms with Gasteiger partial charge in [0.1, 0.15) is 0 Å². The van der Waals surface area contributed by atoms with Gasteiger partial charge < -0.3 is 10.1 Å². The summed E-state index contributed by atoms with van der Waals surface area (Å²) >= 11 is 0. The highest BCUT2D eigenvalue weighted by molar-refractivity contribution is 5.92. The minimum absolute atomic E-state index is 0.0143. The predicted octanol–water partition coefficient (Wildman–Crippen LogP) is 3.55. The van der Waals surface area contributed by atoms with Crippen LogP contribution < -0.4 is 5.32 Å². The number of rotatable bonds is 4. The number of carbonyl (C=O) groups excluding carboxylic acids is 1. The number of methoxy groups -OCH3 is 1. The topological polar surface area (TPSA) is 81.4 Å². The van der Waals surface area contributed by atoms with Crippen LogP contribution in [0.1, 0.15) is 37.1 Å². The van der Waals surface area contributed by atoms with Crippen molar-refractivity contribution in [2.24, 2.45) is 5.92 Å². The Morgan fingerprint density at radius 1 is 1.14 bits per heavy atom. The highest BCUT2D eigenvalue weighted by atomic mass is 16.5. The summed E-state index contributed by atoms with van der Waals surface area (Å²) < 4.78 is 7.12. The van der Waals surface area contributed by atoms with Crippen LogP contribution in [0.4, 0.5) is 5.69 Å². The number of amides is 1. The van der Waals surface area contributed by atoms with Gasteiger partial charge in [0.2, 0.25) is 5.91 Å². The highest BCUT2D eigenvalue weighted by Gasteiger charge is 2.27. The fourth-order valence-corrected chi connectivity index (χ4v) is 3.68. The molecule has 1 amide bonds. The number of anilines is 1. The fraction of sp³-hybridized carbons (Fsp3) is 0.429. The molecule has 146 valence electrons. The van der Waals surface area contributed by atoms with Crippen LogP contribution in [-0.2, 0) is 9.53 Å². The summed E-state index contributed by atoms with van der Waals surface area (Å²) in [6.45, 7) is 3.86.